The third-order valence-corrected chi connectivity index (χ3v) is 4.90. The van der Waals surface area contributed by atoms with Crippen LogP contribution in [-0.4, -0.2) is 30.7 Å². The molecule has 0 aliphatic heterocycles. The minimum absolute atomic E-state index is 0.0123. The molecule has 29 heavy (non-hydrogen) atoms. The molecule has 0 aliphatic carbocycles. The Morgan fingerprint density at radius 2 is 1.90 bits per heavy atom. The first-order valence-corrected chi connectivity index (χ1v) is 9.39. The fraction of sp³-hybridized carbons (Fsp3) is 0.455. The van der Waals surface area contributed by atoms with Gasteiger partial charge in [0.05, 0.1) is 25.1 Å². The van der Waals surface area contributed by atoms with Crippen LogP contribution in [0.2, 0.25) is 0 Å². The average Bonchev–Trinajstić information content (AvgIpc) is 2.65. The molecule has 0 amide bonds. The Hall–Kier alpha value is -2.64. The maximum Gasteiger partial charge on any atom is 0.292 e. The molecular formula is C22H34N4O3. The third kappa shape index (κ3) is 5.92. The van der Waals surface area contributed by atoms with E-state index in [1.54, 1.807) is 7.05 Å². The number of methoxy groups -OCH3 is 1. The SMILES string of the molecule is COC=O.Cc1ncc(C(c2ccc(N(C)N)c(N)c2C)C(C)(C)C)cc1CO. The summed E-state index contributed by atoms with van der Waals surface area (Å²) in [7, 11) is 3.09. The van der Waals surface area contributed by atoms with Crippen LogP contribution < -0.4 is 16.6 Å². The van der Waals surface area contributed by atoms with Crippen molar-refractivity contribution in [2.45, 2.75) is 47.1 Å². The molecule has 0 saturated heterocycles. The van der Waals surface area contributed by atoms with Gasteiger partial charge in [0, 0.05) is 24.9 Å². The summed E-state index contributed by atoms with van der Waals surface area (Å²) >= 11 is 0. The van der Waals surface area contributed by atoms with E-state index in [9.17, 15) is 5.11 Å². The standard InChI is InChI=1S/C20H30N4O.C2H4O2/c1-12-16(7-8-17(19(12)21)24(6)22)18(20(3,4)5)14-9-15(11-25)13(2)23-10-14;1-4-2-3/h7-10,18,25H,11,21-22H2,1-6H3;2H,1H3. The van der Waals surface area contributed by atoms with Crippen LogP contribution in [0.15, 0.2) is 24.4 Å². The predicted octanol–water partition coefficient (Wildman–Crippen LogP) is 3.05. The van der Waals surface area contributed by atoms with Crippen molar-refractivity contribution in [3.63, 3.8) is 0 Å². The Morgan fingerprint density at radius 1 is 1.31 bits per heavy atom. The van der Waals surface area contributed by atoms with Crippen LogP contribution in [-0.2, 0) is 16.1 Å². The normalized spacial score (nSPS) is 11.9. The number of pyridine rings is 1. The number of hydrazine groups is 1. The van der Waals surface area contributed by atoms with E-state index < -0.39 is 0 Å². The molecule has 1 unspecified atom stereocenters. The van der Waals surface area contributed by atoms with E-state index in [1.807, 2.05) is 26.1 Å². The number of nitrogens with two attached hydrogens (primary N) is 2. The van der Waals surface area contributed by atoms with Crippen LogP contribution in [0.3, 0.4) is 0 Å². The summed E-state index contributed by atoms with van der Waals surface area (Å²) in [6.45, 7) is 10.9. The molecule has 160 valence electrons. The second kappa shape index (κ2) is 10.2. The molecule has 5 N–H and O–H groups in total. The quantitative estimate of drug-likeness (QED) is 0.305. The zero-order chi connectivity index (χ0) is 22.4. The monoisotopic (exact) mass is 402 g/mol. The summed E-state index contributed by atoms with van der Waals surface area (Å²) in [5, 5.41) is 11.2. The van der Waals surface area contributed by atoms with Gasteiger partial charge in [-0.2, -0.15) is 0 Å². The fourth-order valence-electron chi connectivity index (χ4n) is 3.41. The van der Waals surface area contributed by atoms with Gasteiger partial charge in [-0.15, -0.1) is 0 Å². The number of ether oxygens (including phenoxy) is 1. The first-order valence-electron chi connectivity index (χ1n) is 9.39. The molecule has 1 aromatic heterocycles. The highest BCUT2D eigenvalue weighted by molar-refractivity contribution is 5.72. The highest BCUT2D eigenvalue weighted by Gasteiger charge is 2.30. The van der Waals surface area contributed by atoms with Crippen molar-refractivity contribution in [2.75, 3.05) is 24.9 Å². The third-order valence-electron chi connectivity index (χ3n) is 4.90. The average molecular weight is 403 g/mol. The molecule has 1 heterocycles. The number of anilines is 2. The number of carbonyl (C=O) groups is 1. The van der Waals surface area contributed by atoms with Gasteiger partial charge >= 0.3 is 0 Å². The number of benzene rings is 1. The lowest BCUT2D eigenvalue weighted by atomic mass is 9.71. The van der Waals surface area contributed by atoms with Crippen molar-refractivity contribution in [1.82, 2.24) is 4.98 Å². The van der Waals surface area contributed by atoms with E-state index in [1.165, 1.54) is 12.1 Å². The lowest BCUT2D eigenvalue weighted by Gasteiger charge is -2.34. The highest BCUT2D eigenvalue weighted by atomic mass is 16.5. The molecule has 1 atom stereocenters. The summed E-state index contributed by atoms with van der Waals surface area (Å²) in [4.78, 5) is 13.4. The summed E-state index contributed by atoms with van der Waals surface area (Å²) in [5.41, 5.74) is 12.8. The minimum Gasteiger partial charge on any atom is -0.471 e. The van der Waals surface area contributed by atoms with Gasteiger partial charge in [-0.05, 0) is 53.6 Å². The Bertz CT molecular complexity index is 830. The number of aliphatic hydroxyl groups excluding tert-OH is 1. The van der Waals surface area contributed by atoms with Crippen molar-refractivity contribution in [1.29, 1.82) is 0 Å². The van der Waals surface area contributed by atoms with E-state index in [0.29, 0.717) is 12.2 Å². The van der Waals surface area contributed by atoms with Crippen LogP contribution in [0.4, 0.5) is 11.4 Å². The number of nitrogens with zero attached hydrogens (tertiary/aromatic N) is 2. The van der Waals surface area contributed by atoms with Gasteiger partial charge in [-0.1, -0.05) is 26.8 Å². The van der Waals surface area contributed by atoms with E-state index in [4.69, 9.17) is 16.4 Å². The Balaban J connectivity index is 0.000000960. The van der Waals surface area contributed by atoms with Gasteiger partial charge in [0.25, 0.3) is 6.47 Å². The zero-order valence-corrected chi connectivity index (χ0v) is 18.5. The largest absolute Gasteiger partial charge is 0.471 e. The molecule has 2 aromatic rings. The molecule has 7 nitrogen and oxygen atoms in total. The van der Waals surface area contributed by atoms with Crippen LogP contribution in [0.25, 0.3) is 0 Å². The zero-order valence-electron chi connectivity index (χ0n) is 18.5. The van der Waals surface area contributed by atoms with Crippen molar-refractivity contribution in [3.05, 3.63) is 52.3 Å². The predicted molar refractivity (Wildman–Crippen MR) is 117 cm³/mol. The number of aliphatic hydroxyl groups is 1. The molecule has 0 bridgehead atoms. The van der Waals surface area contributed by atoms with Gasteiger partial charge in [0.15, 0.2) is 0 Å². The van der Waals surface area contributed by atoms with Crippen LogP contribution in [0.5, 0.6) is 0 Å². The molecule has 0 aliphatic rings. The van der Waals surface area contributed by atoms with E-state index in [-0.39, 0.29) is 17.9 Å². The lowest BCUT2D eigenvalue weighted by molar-refractivity contribution is -0.126. The number of aryl methyl sites for hydroxylation is 1. The number of aromatic nitrogens is 1. The van der Waals surface area contributed by atoms with Gasteiger partial charge in [0.2, 0.25) is 0 Å². The van der Waals surface area contributed by atoms with Crippen molar-refractivity contribution in [2.24, 2.45) is 11.3 Å². The number of rotatable bonds is 5. The highest BCUT2D eigenvalue weighted by Crippen LogP contribution is 2.44. The summed E-state index contributed by atoms with van der Waals surface area (Å²) in [5.74, 6) is 5.98. The van der Waals surface area contributed by atoms with Gasteiger partial charge < -0.3 is 20.6 Å². The molecule has 7 heteroatoms. The molecule has 1 aromatic carbocycles. The smallest absolute Gasteiger partial charge is 0.292 e. The molecule has 0 fully saturated rings. The maximum atomic E-state index is 9.61. The number of carbonyl (C=O) groups excluding carboxylic acids is 1. The van der Waals surface area contributed by atoms with Crippen molar-refractivity contribution in [3.8, 4) is 0 Å². The second-order valence-electron chi connectivity index (χ2n) is 8.13. The van der Waals surface area contributed by atoms with Crippen LogP contribution in [0.1, 0.15) is 54.6 Å². The van der Waals surface area contributed by atoms with E-state index in [2.05, 4.69) is 42.6 Å². The second-order valence-corrected chi connectivity index (χ2v) is 8.13. The molecule has 0 spiro atoms. The van der Waals surface area contributed by atoms with Gasteiger partial charge in [-0.25, -0.2) is 5.84 Å². The molecule has 0 radical (unpaired) electrons. The first kappa shape index (κ1) is 24.4. The summed E-state index contributed by atoms with van der Waals surface area (Å²) < 4.78 is 3.86. The molecule has 0 saturated carbocycles. The fourth-order valence-corrected chi connectivity index (χ4v) is 3.41. The first-order chi connectivity index (χ1) is 13.5. The summed E-state index contributed by atoms with van der Waals surface area (Å²) in [6.07, 6.45) is 1.91. The minimum atomic E-state index is -0.0446. The van der Waals surface area contributed by atoms with E-state index >= 15 is 0 Å². The topological polar surface area (TPSA) is 115 Å². The van der Waals surface area contributed by atoms with Crippen molar-refractivity contribution >= 4 is 17.8 Å². The number of hydrogen-bond acceptors (Lipinski definition) is 7. The molecular weight excluding hydrogens is 368 g/mol. The van der Waals surface area contributed by atoms with Crippen LogP contribution in [0, 0.1) is 19.3 Å². The number of nitrogen functional groups attached to an aromatic ring is 1. The van der Waals surface area contributed by atoms with Crippen molar-refractivity contribution < 1.29 is 14.6 Å². The lowest BCUT2D eigenvalue weighted by Crippen LogP contribution is -2.27. The van der Waals surface area contributed by atoms with E-state index in [0.717, 1.165) is 33.6 Å². The maximum absolute atomic E-state index is 9.61. The summed E-state index contributed by atoms with van der Waals surface area (Å²) in [6, 6.07) is 6.11. The Kier molecular flexibility index (Phi) is 8.60. The van der Waals surface area contributed by atoms with Crippen LogP contribution >= 0.6 is 0 Å². The Labute approximate surface area is 173 Å². The van der Waals surface area contributed by atoms with Gasteiger partial charge in [0.1, 0.15) is 0 Å². The van der Waals surface area contributed by atoms with Gasteiger partial charge in [-0.3, -0.25) is 9.78 Å². The number of hydrogen-bond donors (Lipinski definition) is 3. The molecule has 2 rings (SSSR count). The Morgan fingerprint density at radius 3 is 2.34 bits per heavy atom.